The molecule has 0 saturated carbocycles. The van der Waals surface area contributed by atoms with Crippen LogP contribution in [0.1, 0.15) is 71.6 Å². The molecule has 0 fully saturated rings. The van der Waals surface area contributed by atoms with E-state index < -0.39 is 54.5 Å². The van der Waals surface area contributed by atoms with Crippen molar-refractivity contribution in [3.05, 3.63) is 158 Å². The number of amides is 5. The Hall–Kier alpha value is -8.18. The van der Waals surface area contributed by atoms with Crippen molar-refractivity contribution in [2.45, 2.75) is 70.2 Å². The summed E-state index contributed by atoms with van der Waals surface area (Å²) in [4.78, 5) is 99.7. The third-order valence-corrected chi connectivity index (χ3v) is 13.7. The van der Waals surface area contributed by atoms with Gasteiger partial charge < -0.3 is 45.3 Å². The Kier molecular flexibility index (Phi) is 14.3. The minimum Gasteiger partial charge on any atom is -0.458 e. The summed E-state index contributed by atoms with van der Waals surface area (Å²) in [5.74, 6) is -3.23. The number of esters is 1. The van der Waals surface area contributed by atoms with Crippen LogP contribution >= 0.6 is 0 Å². The first-order valence-electron chi connectivity index (χ1n) is 24.2. The Labute approximate surface area is 414 Å². The number of carbonyl (C=O) groups is 6. The monoisotopic (exact) mass is 973 g/mol. The van der Waals surface area contributed by atoms with Crippen LogP contribution in [-0.2, 0) is 65.0 Å². The lowest BCUT2D eigenvalue weighted by Crippen LogP contribution is -2.52. The van der Waals surface area contributed by atoms with E-state index in [1.165, 1.54) is 0 Å². The van der Waals surface area contributed by atoms with E-state index in [0.29, 0.717) is 36.3 Å². The first-order chi connectivity index (χ1) is 34.9. The second-order valence-electron chi connectivity index (χ2n) is 18.2. The highest BCUT2D eigenvalue weighted by molar-refractivity contribution is 5.93. The smallest absolute Gasteiger partial charge is 0.407 e. The molecule has 72 heavy (non-hydrogen) atoms. The lowest BCUT2D eigenvalue weighted by molar-refractivity contribution is -0.172. The number of hydrogen-bond acceptors (Lipinski definition) is 11. The molecule has 2 aliphatic heterocycles. The fourth-order valence-electron chi connectivity index (χ4n) is 10.0. The van der Waals surface area contributed by atoms with Crippen molar-refractivity contribution < 1.29 is 43.3 Å². The van der Waals surface area contributed by atoms with E-state index in [1.807, 2.05) is 85.8 Å². The maximum atomic E-state index is 14.0. The second kappa shape index (κ2) is 21.0. The summed E-state index contributed by atoms with van der Waals surface area (Å²) in [6.45, 7) is 2.96. The van der Waals surface area contributed by atoms with E-state index in [1.54, 1.807) is 46.7 Å². The first-order valence-corrected chi connectivity index (χ1v) is 24.2. The molecule has 4 heterocycles. The summed E-state index contributed by atoms with van der Waals surface area (Å²) in [7, 11) is 0. The number of fused-ring (bicyclic) bond motifs is 8. The fraction of sp³-hybridized carbons (Fsp3) is 0.309. The molecule has 2 aromatic heterocycles. The van der Waals surface area contributed by atoms with Crippen molar-refractivity contribution in [2.24, 2.45) is 0 Å². The van der Waals surface area contributed by atoms with E-state index in [0.717, 1.165) is 44.3 Å². The number of aromatic nitrogens is 2. The number of alkyl carbamates (subject to hydrolysis) is 1. The maximum Gasteiger partial charge on any atom is 0.407 e. The van der Waals surface area contributed by atoms with Crippen molar-refractivity contribution in [3.63, 3.8) is 0 Å². The van der Waals surface area contributed by atoms with Gasteiger partial charge >= 0.3 is 12.1 Å². The van der Waals surface area contributed by atoms with Gasteiger partial charge in [0.15, 0.2) is 5.60 Å². The summed E-state index contributed by atoms with van der Waals surface area (Å²) in [5.41, 5.74) is 6.50. The minimum atomic E-state index is -1.97. The van der Waals surface area contributed by atoms with Crippen molar-refractivity contribution in [1.82, 2.24) is 35.7 Å². The zero-order valence-electron chi connectivity index (χ0n) is 40.0. The van der Waals surface area contributed by atoms with E-state index in [-0.39, 0.29) is 74.2 Å². The molecule has 0 bridgehead atoms. The highest BCUT2D eigenvalue weighted by atomic mass is 16.6. The summed E-state index contributed by atoms with van der Waals surface area (Å²) in [5, 5.41) is 22.5. The van der Waals surface area contributed by atoms with Gasteiger partial charge in [-0.15, -0.1) is 0 Å². The Balaban J connectivity index is 0.811. The number of ether oxygens (including phenoxy) is 2. The molecule has 0 unspecified atom stereocenters. The third-order valence-electron chi connectivity index (χ3n) is 13.7. The van der Waals surface area contributed by atoms with E-state index in [2.05, 4.69) is 21.3 Å². The third kappa shape index (κ3) is 9.79. The highest BCUT2D eigenvalue weighted by Gasteiger charge is 2.45. The van der Waals surface area contributed by atoms with Gasteiger partial charge in [-0.2, -0.15) is 0 Å². The highest BCUT2D eigenvalue weighted by Crippen LogP contribution is 2.45. The van der Waals surface area contributed by atoms with E-state index in [9.17, 15) is 38.7 Å². The molecule has 0 radical (unpaired) electrons. The lowest BCUT2D eigenvalue weighted by atomic mass is 9.86. The van der Waals surface area contributed by atoms with Crippen molar-refractivity contribution in [3.8, 4) is 22.5 Å². The van der Waals surface area contributed by atoms with Crippen LogP contribution in [0.3, 0.4) is 0 Å². The van der Waals surface area contributed by atoms with E-state index >= 15 is 0 Å². The molecule has 9 rings (SSSR count). The Bertz CT molecular complexity index is 3130. The number of rotatable bonds is 18. The number of benzene rings is 4. The van der Waals surface area contributed by atoms with Crippen LogP contribution in [0, 0.1) is 0 Å². The average Bonchev–Trinajstić information content (AvgIpc) is 3.93. The number of para-hydroxylation sites is 1. The van der Waals surface area contributed by atoms with Gasteiger partial charge in [-0.3, -0.25) is 24.0 Å². The zero-order chi connectivity index (χ0) is 50.5. The van der Waals surface area contributed by atoms with Crippen molar-refractivity contribution in [1.29, 1.82) is 0 Å². The van der Waals surface area contributed by atoms with Crippen LogP contribution in [0.25, 0.3) is 33.4 Å². The quantitative estimate of drug-likeness (QED) is 0.0760. The van der Waals surface area contributed by atoms with Crippen LogP contribution in [-0.4, -0.2) is 101 Å². The number of pyridine rings is 2. The SMILES string of the molecule is CCCN(CCc1c2c(nc3ccccc13)-c1cc3c(c(=O)n1C2)COC(=O)[C@]3(O)CC)C(=O)CNC(=O)[C@H](Cc1ccccc1)NC(=O)CNC(=O)CNC(=O)OCC1c2ccccc2-c2ccccc21. The molecule has 17 nitrogen and oxygen atoms in total. The largest absolute Gasteiger partial charge is 0.458 e. The Morgan fingerprint density at radius 3 is 2.22 bits per heavy atom. The molecule has 0 spiro atoms. The molecule has 2 atom stereocenters. The summed E-state index contributed by atoms with van der Waals surface area (Å²) in [6.07, 6.45) is 0.334. The molecule has 4 aromatic carbocycles. The zero-order valence-corrected chi connectivity index (χ0v) is 40.0. The minimum absolute atomic E-state index is 0.0172. The standard InChI is InChI=1S/C55H55N7O10/c1-3-23-61(24-22-38-39-20-12-13-21-44(39)60-50-40(38)30-62-46(50)26-43-42(52(62)67)32-71-53(68)55(43,70)4-2)49(65)29-57-51(66)45(25-33-14-6-5-7-15-33)59-48(64)28-56-47(63)27-58-54(69)72-31-41-36-18-10-8-16-34(36)35-17-9-11-19-37(35)41/h5-21,26,41,45,70H,3-4,22-25,27-32H2,1-2H3,(H,56,63)(H,57,66)(H,58,69)(H,59,64)/t45-,55-/m0/s1. The molecule has 0 saturated heterocycles. The van der Waals surface area contributed by atoms with Crippen molar-refractivity contribution in [2.75, 3.05) is 39.3 Å². The van der Waals surface area contributed by atoms with Gasteiger partial charge in [0.1, 0.15) is 25.8 Å². The Morgan fingerprint density at radius 2 is 1.50 bits per heavy atom. The summed E-state index contributed by atoms with van der Waals surface area (Å²) in [6, 6.07) is 33.0. The molecule has 6 aromatic rings. The number of cyclic esters (lactones) is 1. The second-order valence-corrected chi connectivity index (χ2v) is 18.2. The van der Waals surface area contributed by atoms with Gasteiger partial charge in [0, 0.05) is 41.9 Å². The van der Waals surface area contributed by atoms with Gasteiger partial charge in [0.05, 0.1) is 42.1 Å². The van der Waals surface area contributed by atoms with Crippen LogP contribution < -0.4 is 26.8 Å². The number of nitrogens with zero attached hydrogens (tertiary/aromatic N) is 3. The first kappa shape index (κ1) is 48.8. The molecular weight excluding hydrogens is 919 g/mol. The van der Waals surface area contributed by atoms with Gasteiger partial charge in [0.25, 0.3) is 5.56 Å². The predicted octanol–water partition coefficient (Wildman–Crippen LogP) is 4.36. The molecular formula is C55H55N7O10. The molecule has 5 N–H and O–H groups in total. The van der Waals surface area contributed by atoms with E-state index in [4.69, 9.17) is 14.5 Å². The number of nitrogens with one attached hydrogen (secondary N) is 4. The van der Waals surface area contributed by atoms with Gasteiger partial charge in [0.2, 0.25) is 23.6 Å². The molecule has 3 aliphatic rings. The number of hydrogen-bond donors (Lipinski definition) is 5. The van der Waals surface area contributed by atoms with Crippen LogP contribution in [0.15, 0.2) is 114 Å². The van der Waals surface area contributed by atoms with Crippen LogP contribution in [0.2, 0.25) is 0 Å². The fourth-order valence-corrected chi connectivity index (χ4v) is 10.0. The molecule has 5 amide bonds. The summed E-state index contributed by atoms with van der Waals surface area (Å²) >= 11 is 0. The molecule has 1 aliphatic carbocycles. The van der Waals surface area contributed by atoms with Crippen LogP contribution in [0.4, 0.5) is 4.79 Å². The number of aliphatic hydroxyl groups is 1. The molecule has 370 valence electrons. The van der Waals surface area contributed by atoms with Gasteiger partial charge in [-0.1, -0.05) is 111 Å². The van der Waals surface area contributed by atoms with Crippen LogP contribution in [0.5, 0.6) is 0 Å². The lowest BCUT2D eigenvalue weighted by Gasteiger charge is -2.31. The number of carbonyl (C=O) groups excluding carboxylic acids is 6. The predicted molar refractivity (Wildman–Crippen MR) is 266 cm³/mol. The topological polar surface area (TPSA) is 227 Å². The maximum absolute atomic E-state index is 14.0. The average molecular weight is 974 g/mol. The Morgan fingerprint density at radius 1 is 0.819 bits per heavy atom. The van der Waals surface area contributed by atoms with Crippen molar-refractivity contribution >= 4 is 46.6 Å². The summed E-state index contributed by atoms with van der Waals surface area (Å²) < 4.78 is 12.4. The molecule has 17 heteroatoms. The normalized spacial score (nSPS) is 15.5. The van der Waals surface area contributed by atoms with Gasteiger partial charge in [-0.25, -0.2) is 14.6 Å². The van der Waals surface area contributed by atoms with Gasteiger partial charge in [-0.05, 0) is 64.8 Å².